The number of benzene rings is 3. The number of nitrogens with two attached hydrogens (primary N) is 1. The lowest BCUT2D eigenvalue weighted by Crippen LogP contribution is -2.43. The minimum atomic E-state index is -3.19. The number of aromatic nitrogens is 9. The summed E-state index contributed by atoms with van der Waals surface area (Å²) in [6.07, 6.45) is -1.45. The highest BCUT2D eigenvalue weighted by molar-refractivity contribution is 5.89. The summed E-state index contributed by atoms with van der Waals surface area (Å²) in [6, 6.07) is 10.7. The Morgan fingerprint density at radius 1 is 0.473 bits per heavy atom. The number of pyridine rings is 4. The molecule has 4 fully saturated rings. The van der Waals surface area contributed by atoms with Gasteiger partial charge in [0.05, 0.1) is 48.3 Å². The van der Waals surface area contributed by atoms with Crippen LogP contribution in [0.5, 0.6) is 40.5 Å². The third kappa shape index (κ3) is 17.5. The fraction of sp³-hybridized carbons (Fsp3) is 0.478. The molecule has 20 rings (SSSR count). The quantitative estimate of drug-likeness (QED) is 0.0356. The van der Waals surface area contributed by atoms with E-state index in [0.717, 1.165) is 74.9 Å². The Hall–Kier alpha value is -11.0. The number of anilines is 2. The molecule has 8 aromatic heterocycles. The van der Waals surface area contributed by atoms with E-state index in [2.05, 4.69) is 55.9 Å². The largest absolute Gasteiger partial charge is 0.488 e. The summed E-state index contributed by atoms with van der Waals surface area (Å²) in [5.74, 6) is -2.46. The topological polar surface area (TPSA) is 396 Å². The van der Waals surface area contributed by atoms with Crippen molar-refractivity contribution in [3.8, 4) is 40.5 Å². The molecule has 11 aromatic rings. The highest BCUT2D eigenvalue weighted by Crippen LogP contribution is 2.48. The highest BCUT2D eigenvalue weighted by Gasteiger charge is 2.51. The van der Waals surface area contributed by atoms with Gasteiger partial charge in [0.2, 0.25) is 5.88 Å². The lowest BCUT2D eigenvalue weighted by atomic mass is 9.89. The van der Waals surface area contributed by atoms with Crippen molar-refractivity contribution in [3.05, 3.63) is 194 Å². The molecule has 3 aromatic carbocycles. The molecule has 14 N–H and O–H groups in total. The number of halogens is 9. The van der Waals surface area contributed by atoms with Crippen molar-refractivity contribution >= 4 is 44.6 Å². The normalized spacial score (nSPS) is 26.0. The average molecular weight is 1830 g/mol. The van der Waals surface area contributed by atoms with Crippen LogP contribution in [0.4, 0.5) is 51.0 Å². The van der Waals surface area contributed by atoms with Gasteiger partial charge in [-0.25, -0.2) is 55.7 Å². The number of nitrogen functional groups attached to an aromatic ring is 1. The van der Waals surface area contributed by atoms with Crippen LogP contribution in [-0.2, 0) is 51.9 Å². The van der Waals surface area contributed by atoms with Crippen LogP contribution in [0.2, 0.25) is 0 Å². The Morgan fingerprint density at radius 3 is 1.47 bits per heavy atom. The maximum absolute atomic E-state index is 15.1. The summed E-state index contributed by atoms with van der Waals surface area (Å²) in [6.45, 7) is 12.5. The molecule has 13 heterocycles. The standard InChI is InChI=1S/C25H30FN3O4.C23H24F4N4O3.C23H24F3N3O4.C21H26FN5O4/c1-13(2)32-20-11-19(17-12-27-7-5-16(17)22(20)26)33-21-10-18(23(30)24(21)31)29-9-6-15-14(3)4-8-28-25(15)29;1-9-6-29-7-11-15(4-10(22(26)27)19(25)17(9)11)34-16-5-14(20(32)21(16)33)31-8-12(24)18-13(28)2-3-30-23(18)31;1-11-2-6-28-22-12(11)4-7-29(22)15-8-18(21(31)20(15)30)32-16-9-17(33-23(25)26)19(24)13-3-5-27-10-14(13)16;1-10-11-4-6-27(19(11)25-9-24-10)14-7-15(18(29)17(14)28)31-20-13-8-23-5-3-12(13)16(22)21(26-20)30-2/h4,6,8-9,11,13,18,21,23-24,27,30-31H,5,7,10,12H2,1-3H3;2-4,8-9,14,16,20-22,29,32-33H,5-7H2,1H3,(H2,28,30);2,4,6-7,9,15,18,20-21,23,27,30-31H,3,5,8,10H2,1H3;9,14-15,17-18,23,28-29H,3-8H2,1-2H3/t18-,21+,23+,24-;9-,14-,16+,20+,21-;15-,18+,20+,21-;14-,15+,17+,18-/m1111/s1. The molecule has 0 bridgehead atoms. The number of aryl methyl sites for hydroxylation is 3. The van der Waals surface area contributed by atoms with Gasteiger partial charge in [-0.15, -0.1) is 0 Å². The van der Waals surface area contributed by atoms with Gasteiger partial charge < -0.3 is 120 Å². The number of aliphatic hydroxyl groups excluding tert-OH is 8. The van der Waals surface area contributed by atoms with Crippen molar-refractivity contribution < 1.29 is 114 Å². The van der Waals surface area contributed by atoms with Crippen molar-refractivity contribution in [1.29, 1.82) is 0 Å². The van der Waals surface area contributed by atoms with E-state index in [-0.39, 0.29) is 113 Å². The SMILES string of the molecule is COc1nc(O[C@H]2C[C@@H](N3CCc4c(C)ncnc43)[C@H](O)[C@@H]2O)c2c(c1F)CCNC2.C[C@@H]1CNCc2c(O[C@H]3C[C@@H](n4cc(F)c5c(N)ccnc54)[C@H](O)[C@@H]3O)cc(C(F)F)c(F)c21.Cc1ccnc2c1ccn2[C@@H]1C[C@H](Oc2cc(OC(C)C)c(F)c3c2CNCC3)[C@@H](O)[C@H]1O.Cc1ccnc2c1ccn2[C@@H]1C[C@H](Oc2cc(OC(F)F)c(F)c3c2CNCC3)[C@@H](O)[C@H]1O. The van der Waals surface area contributed by atoms with Crippen molar-refractivity contribution in [3.63, 3.8) is 0 Å². The Labute approximate surface area is 745 Å². The van der Waals surface area contributed by atoms with Gasteiger partial charge in [-0.05, 0) is 133 Å². The fourth-order valence-corrected chi connectivity index (χ4v) is 19.9. The predicted octanol–water partition coefficient (Wildman–Crippen LogP) is 9.31. The van der Waals surface area contributed by atoms with E-state index in [9.17, 15) is 76.0 Å². The number of ether oxygens (including phenoxy) is 7. The molecule has 30 nitrogen and oxygen atoms in total. The summed E-state index contributed by atoms with van der Waals surface area (Å²) in [7, 11) is 1.36. The third-order valence-corrected chi connectivity index (χ3v) is 26.6. The molecule has 0 unspecified atom stereocenters. The van der Waals surface area contributed by atoms with E-state index < -0.39 is 139 Å². The molecule has 9 aliphatic rings. The van der Waals surface area contributed by atoms with E-state index in [1.165, 1.54) is 30.3 Å². The number of hydrogen-bond acceptors (Lipinski definition) is 27. The summed E-state index contributed by atoms with van der Waals surface area (Å²) < 4.78 is 171. The molecule has 4 aliphatic carbocycles. The predicted molar refractivity (Wildman–Crippen MR) is 460 cm³/mol. The van der Waals surface area contributed by atoms with Crippen LogP contribution in [0.25, 0.3) is 33.1 Å². The van der Waals surface area contributed by atoms with E-state index >= 15 is 4.39 Å². The number of nitrogens with one attached hydrogen (secondary N) is 4. The molecular weight excluding hydrogens is 1730 g/mol. The molecule has 39 heteroatoms. The van der Waals surface area contributed by atoms with Gasteiger partial charge in [0.1, 0.15) is 125 Å². The zero-order valence-corrected chi connectivity index (χ0v) is 72.6. The van der Waals surface area contributed by atoms with Gasteiger partial charge in [-0.3, -0.25) is 0 Å². The van der Waals surface area contributed by atoms with Gasteiger partial charge in [0, 0.05) is 186 Å². The number of nitrogens with zero attached hydrogens (tertiary/aromatic N) is 10. The highest BCUT2D eigenvalue weighted by atomic mass is 19.3. The summed E-state index contributed by atoms with van der Waals surface area (Å²) in [5, 5.41) is 101. The third-order valence-electron chi connectivity index (χ3n) is 26.6. The molecular formula is C92H104F9N15O15. The van der Waals surface area contributed by atoms with Gasteiger partial charge >= 0.3 is 6.61 Å². The Morgan fingerprint density at radius 2 is 0.947 bits per heavy atom. The second kappa shape index (κ2) is 38.0. The Balaban J connectivity index is 0.000000122. The number of rotatable bonds is 18. The zero-order chi connectivity index (χ0) is 92.6. The van der Waals surface area contributed by atoms with Crippen molar-refractivity contribution in [2.75, 3.05) is 50.5 Å². The zero-order valence-electron chi connectivity index (χ0n) is 72.6. The number of aliphatic hydroxyl groups is 8. The maximum atomic E-state index is 15.1. The van der Waals surface area contributed by atoms with Crippen LogP contribution in [0.1, 0.15) is 149 Å². The first-order chi connectivity index (χ1) is 62.9. The first-order valence-electron chi connectivity index (χ1n) is 43.8. The molecule has 0 saturated heterocycles. The second-order valence-electron chi connectivity index (χ2n) is 34.9. The van der Waals surface area contributed by atoms with Crippen LogP contribution < -0.4 is 65.1 Å². The van der Waals surface area contributed by atoms with Crippen molar-refractivity contribution in [2.24, 2.45) is 0 Å². The first kappa shape index (κ1) is 91.9. The minimum absolute atomic E-state index is 0.0218. The number of fused-ring (bicyclic) bond motifs is 8. The lowest BCUT2D eigenvalue weighted by molar-refractivity contribution is -0.0527. The van der Waals surface area contributed by atoms with Crippen LogP contribution in [-0.4, -0.2) is 216 Å². The van der Waals surface area contributed by atoms with Crippen molar-refractivity contribution in [1.82, 2.24) is 64.9 Å². The number of methoxy groups -OCH3 is 1. The molecule has 0 amide bonds. The van der Waals surface area contributed by atoms with E-state index in [1.54, 1.807) is 25.4 Å². The molecule has 17 atom stereocenters. The van der Waals surface area contributed by atoms with Crippen LogP contribution >= 0.6 is 0 Å². The number of hydrogen-bond donors (Lipinski definition) is 13. The molecule has 5 aliphatic heterocycles. The van der Waals surface area contributed by atoms with Crippen LogP contribution in [0, 0.1) is 49.9 Å². The Kier molecular flexibility index (Phi) is 26.6. The molecule has 131 heavy (non-hydrogen) atoms. The molecule has 0 spiro atoms. The summed E-state index contributed by atoms with van der Waals surface area (Å²) >= 11 is 0. The molecule has 4 saturated carbocycles. The van der Waals surface area contributed by atoms with Gasteiger partial charge in [-0.2, -0.15) is 13.8 Å². The van der Waals surface area contributed by atoms with Crippen molar-refractivity contribution in [2.45, 2.75) is 242 Å². The van der Waals surface area contributed by atoms with E-state index in [0.29, 0.717) is 111 Å². The summed E-state index contributed by atoms with van der Waals surface area (Å²) in [5.41, 5.74) is 14.8. The van der Waals surface area contributed by atoms with E-state index in [1.807, 2.05) is 85.3 Å². The van der Waals surface area contributed by atoms with Crippen LogP contribution in [0.15, 0.2) is 92.0 Å². The maximum Gasteiger partial charge on any atom is 0.387 e. The smallest absolute Gasteiger partial charge is 0.387 e. The summed E-state index contributed by atoms with van der Waals surface area (Å²) in [4.78, 5) is 27.9. The van der Waals surface area contributed by atoms with Gasteiger partial charge in [0.15, 0.2) is 34.8 Å². The first-order valence-corrected chi connectivity index (χ1v) is 43.8. The minimum Gasteiger partial charge on any atom is -0.488 e. The molecule has 0 radical (unpaired) electrons. The fourth-order valence-electron chi connectivity index (χ4n) is 19.9. The second-order valence-corrected chi connectivity index (χ2v) is 34.9. The lowest BCUT2D eigenvalue weighted by Gasteiger charge is -2.29. The van der Waals surface area contributed by atoms with E-state index in [4.69, 9.17) is 34.2 Å². The Bertz CT molecular complexity index is 5870. The average Bonchev–Trinajstić information content (AvgIpc) is 1.43. The monoisotopic (exact) mass is 1830 g/mol. The van der Waals surface area contributed by atoms with Gasteiger partial charge in [-0.1, -0.05) is 6.92 Å². The molecule has 700 valence electrons. The number of alkyl halides is 4. The van der Waals surface area contributed by atoms with Crippen LogP contribution in [0.3, 0.4) is 0 Å². The van der Waals surface area contributed by atoms with Gasteiger partial charge in [0.25, 0.3) is 12.3 Å².